The predicted molar refractivity (Wildman–Crippen MR) is 92.0 cm³/mol. The van der Waals surface area contributed by atoms with Crippen LogP contribution in [0.4, 0.5) is 0 Å². The Morgan fingerprint density at radius 3 is 2.52 bits per heavy atom. The predicted octanol–water partition coefficient (Wildman–Crippen LogP) is 5.76. The summed E-state index contributed by atoms with van der Waals surface area (Å²) in [6.07, 6.45) is 1.04. The zero-order chi connectivity index (χ0) is 15.4. The summed E-state index contributed by atoms with van der Waals surface area (Å²) < 4.78 is 0. The summed E-state index contributed by atoms with van der Waals surface area (Å²) in [4.78, 5) is 0. The molecule has 1 nitrogen and oxygen atoms in total. The second-order valence-corrected chi connectivity index (χ2v) is 6.20. The van der Waals surface area contributed by atoms with Gasteiger partial charge in [0, 0.05) is 17.1 Å². The third kappa shape index (κ3) is 4.09. The van der Waals surface area contributed by atoms with Crippen LogP contribution in [-0.2, 0) is 0 Å². The van der Waals surface area contributed by atoms with Gasteiger partial charge in [-0.3, -0.25) is 0 Å². The Labute approximate surface area is 133 Å². The first-order chi connectivity index (χ1) is 10.0. The average molecular weight is 302 g/mol. The van der Waals surface area contributed by atoms with Gasteiger partial charge < -0.3 is 5.32 Å². The molecular formula is C19H24ClN. The SMILES string of the molecule is CCC(NC(C)c1cc(C)ccc1C)c1cccc(Cl)c1. The molecular weight excluding hydrogens is 278 g/mol. The lowest BCUT2D eigenvalue weighted by Crippen LogP contribution is -2.24. The van der Waals surface area contributed by atoms with Gasteiger partial charge in [0.05, 0.1) is 0 Å². The minimum absolute atomic E-state index is 0.314. The van der Waals surface area contributed by atoms with Crippen LogP contribution in [0.1, 0.15) is 54.6 Å². The Morgan fingerprint density at radius 2 is 1.86 bits per heavy atom. The van der Waals surface area contributed by atoms with Crippen molar-refractivity contribution in [3.63, 3.8) is 0 Å². The van der Waals surface area contributed by atoms with E-state index in [0.717, 1.165) is 11.4 Å². The van der Waals surface area contributed by atoms with Gasteiger partial charge in [0.25, 0.3) is 0 Å². The topological polar surface area (TPSA) is 12.0 Å². The highest BCUT2D eigenvalue weighted by Crippen LogP contribution is 2.26. The molecule has 2 heteroatoms. The van der Waals surface area contributed by atoms with E-state index in [1.54, 1.807) is 0 Å². The minimum atomic E-state index is 0.314. The lowest BCUT2D eigenvalue weighted by Gasteiger charge is -2.24. The molecule has 2 aromatic rings. The highest BCUT2D eigenvalue weighted by Gasteiger charge is 2.15. The van der Waals surface area contributed by atoms with E-state index in [9.17, 15) is 0 Å². The largest absolute Gasteiger partial charge is 0.303 e. The lowest BCUT2D eigenvalue weighted by molar-refractivity contribution is 0.455. The summed E-state index contributed by atoms with van der Waals surface area (Å²) in [6.45, 7) is 8.75. The molecule has 0 aromatic heterocycles. The van der Waals surface area contributed by atoms with Crippen LogP contribution >= 0.6 is 11.6 Å². The second kappa shape index (κ2) is 7.11. The molecule has 2 aromatic carbocycles. The molecule has 2 unspecified atom stereocenters. The summed E-state index contributed by atoms with van der Waals surface area (Å²) in [7, 11) is 0. The van der Waals surface area contributed by atoms with Crippen LogP contribution in [0.25, 0.3) is 0 Å². The maximum atomic E-state index is 6.12. The molecule has 2 rings (SSSR count). The molecule has 0 radical (unpaired) electrons. The van der Waals surface area contributed by atoms with Gasteiger partial charge in [-0.05, 0) is 56.0 Å². The van der Waals surface area contributed by atoms with Crippen molar-refractivity contribution in [3.8, 4) is 0 Å². The van der Waals surface area contributed by atoms with E-state index < -0.39 is 0 Å². The summed E-state index contributed by atoms with van der Waals surface area (Å²) in [6, 6.07) is 15.4. The van der Waals surface area contributed by atoms with E-state index >= 15 is 0 Å². The van der Waals surface area contributed by atoms with E-state index in [2.05, 4.69) is 63.3 Å². The van der Waals surface area contributed by atoms with Crippen molar-refractivity contribution in [1.29, 1.82) is 0 Å². The lowest BCUT2D eigenvalue weighted by atomic mass is 9.97. The van der Waals surface area contributed by atoms with Gasteiger partial charge >= 0.3 is 0 Å². The number of hydrogen-bond acceptors (Lipinski definition) is 1. The van der Waals surface area contributed by atoms with E-state index in [1.165, 1.54) is 22.3 Å². The van der Waals surface area contributed by atoms with Crippen molar-refractivity contribution in [1.82, 2.24) is 5.32 Å². The van der Waals surface area contributed by atoms with Gasteiger partial charge in [0.2, 0.25) is 0 Å². The first-order valence-corrected chi connectivity index (χ1v) is 7.97. The second-order valence-electron chi connectivity index (χ2n) is 5.76. The van der Waals surface area contributed by atoms with Crippen molar-refractivity contribution in [2.75, 3.05) is 0 Å². The molecule has 0 bridgehead atoms. The molecule has 112 valence electrons. The molecule has 0 aliphatic carbocycles. The van der Waals surface area contributed by atoms with Crippen LogP contribution < -0.4 is 5.32 Å². The Bertz CT molecular complexity index is 606. The van der Waals surface area contributed by atoms with Crippen LogP contribution in [0.15, 0.2) is 42.5 Å². The highest BCUT2D eigenvalue weighted by atomic mass is 35.5. The van der Waals surface area contributed by atoms with E-state index in [-0.39, 0.29) is 0 Å². The third-order valence-corrected chi connectivity index (χ3v) is 4.25. The first kappa shape index (κ1) is 16.1. The van der Waals surface area contributed by atoms with Crippen LogP contribution in [0.3, 0.4) is 0 Å². The number of hydrogen-bond donors (Lipinski definition) is 1. The molecule has 0 aliphatic rings. The summed E-state index contributed by atoms with van der Waals surface area (Å²) in [5.74, 6) is 0. The van der Waals surface area contributed by atoms with E-state index in [0.29, 0.717) is 12.1 Å². The van der Waals surface area contributed by atoms with Gasteiger partial charge in [-0.25, -0.2) is 0 Å². The zero-order valence-corrected chi connectivity index (χ0v) is 14.0. The van der Waals surface area contributed by atoms with Crippen molar-refractivity contribution < 1.29 is 0 Å². The maximum Gasteiger partial charge on any atom is 0.0409 e. The third-order valence-electron chi connectivity index (χ3n) is 4.01. The molecule has 0 aliphatic heterocycles. The summed E-state index contributed by atoms with van der Waals surface area (Å²) in [5, 5.41) is 4.53. The van der Waals surface area contributed by atoms with Crippen LogP contribution in [0, 0.1) is 13.8 Å². The number of nitrogens with one attached hydrogen (secondary N) is 1. The van der Waals surface area contributed by atoms with Gasteiger partial charge in [-0.2, -0.15) is 0 Å². The quantitative estimate of drug-likeness (QED) is 0.740. The minimum Gasteiger partial charge on any atom is -0.303 e. The van der Waals surface area contributed by atoms with Crippen molar-refractivity contribution in [3.05, 3.63) is 69.7 Å². The van der Waals surface area contributed by atoms with Crippen LogP contribution in [0.2, 0.25) is 5.02 Å². The van der Waals surface area contributed by atoms with Crippen molar-refractivity contribution >= 4 is 11.6 Å². The fourth-order valence-electron chi connectivity index (χ4n) is 2.79. The highest BCUT2D eigenvalue weighted by molar-refractivity contribution is 6.30. The Morgan fingerprint density at radius 1 is 1.10 bits per heavy atom. The van der Waals surface area contributed by atoms with Crippen molar-refractivity contribution in [2.45, 2.75) is 46.2 Å². The molecule has 1 N–H and O–H groups in total. The standard InChI is InChI=1S/C19H24ClN/c1-5-19(16-7-6-8-17(20)12-16)21-15(4)18-11-13(2)9-10-14(18)3/h6-12,15,19,21H,5H2,1-4H3. The average Bonchev–Trinajstić information content (AvgIpc) is 2.47. The molecule has 2 atom stereocenters. The smallest absolute Gasteiger partial charge is 0.0409 e. The molecule has 0 saturated carbocycles. The van der Waals surface area contributed by atoms with Crippen LogP contribution in [-0.4, -0.2) is 0 Å². The Balaban J connectivity index is 2.20. The van der Waals surface area contributed by atoms with E-state index in [1.807, 2.05) is 12.1 Å². The fraction of sp³-hybridized carbons (Fsp3) is 0.368. The Kier molecular flexibility index (Phi) is 5.44. The normalized spacial score (nSPS) is 14.0. The van der Waals surface area contributed by atoms with Gasteiger partial charge in [-0.1, -0.05) is 54.4 Å². The number of aryl methyl sites for hydroxylation is 2. The summed E-state index contributed by atoms with van der Waals surface area (Å²) >= 11 is 6.12. The zero-order valence-electron chi connectivity index (χ0n) is 13.3. The van der Waals surface area contributed by atoms with Gasteiger partial charge in [0.15, 0.2) is 0 Å². The maximum absolute atomic E-state index is 6.12. The van der Waals surface area contributed by atoms with E-state index in [4.69, 9.17) is 11.6 Å². The van der Waals surface area contributed by atoms with Crippen molar-refractivity contribution in [2.24, 2.45) is 0 Å². The molecule has 0 spiro atoms. The van der Waals surface area contributed by atoms with Crippen LogP contribution in [0.5, 0.6) is 0 Å². The molecule has 0 fully saturated rings. The molecule has 0 amide bonds. The number of halogens is 1. The Hall–Kier alpha value is -1.31. The first-order valence-electron chi connectivity index (χ1n) is 7.60. The summed E-state index contributed by atoms with van der Waals surface area (Å²) in [5.41, 5.74) is 5.26. The number of rotatable bonds is 5. The molecule has 21 heavy (non-hydrogen) atoms. The molecule has 0 heterocycles. The monoisotopic (exact) mass is 301 g/mol. The fourth-order valence-corrected chi connectivity index (χ4v) is 2.99. The number of benzene rings is 2. The van der Waals surface area contributed by atoms with Gasteiger partial charge in [-0.15, -0.1) is 0 Å². The van der Waals surface area contributed by atoms with Gasteiger partial charge in [0.1, 0.15) is 0 Å². The molecule has 0 saturated heterocycles.